The van der Waals surface area contributed by atoms with E-state index in [2.05, 4.69) is 54.2 Å². The molecule has 27 heavy (non-hydrogen) atoms. The minimum atomic E-state index is 0.839. The van der Waals surface area contributed by atoms with Gasteiger partial charge in [0.25, 0.3) is 0 Å². The summed E-state index contributed by atoms with van der Waals surface area (Å²) in [7, 11) is 1.70. The Hall–Kier alpha value is -2.75. The molecule has 0 fully saturated rings. The molecule has 0 amide bonds. The molecule has 4 heteroatoms. The number of benzene rings is 2. The Kier molecular flexibility index (Phi) is 4.88. The first-order valence-corrected chi connectivity index (χ1v) is 9.71. The molecule has 0 aliphatic carbocycles. The molecular weight excluding hydrogens is 334 g/mol. The zero-order valence-electron chi connectivity index (χ0n) is 16.4. The van der Waals surface area contributed by atoms with Crippen molar-refractivity contribution in [3.8, 4) is 11.4 Å². The van der Waals surface area contributed by atoms with E-state index < -0.39 is 0 Å². The maximum absolute atomic E-state index is 5.28. The largest absolute Gasteiger partial charge is 0.497 e. The van der Waals surface area contributed by atoms with Gasteiger partial charge in [-0.15, -0.1) is 0 Å². The predicted molar refractivity (Wildman–Crippen MR) is 110 cm³/mol. The first-order chi connectivity index (χ1) is 13.2. The number of rotatable bonds is 4. The molecule has 1 aromatic heterocycles. The lowest BCUT2D eigenvalue weighted by atomic mass is 10.0. The summed E-state index contributed by atoms with van der Waals surface area (Å²) in [6.07, 6.45) is 4.32. The van der Waals surface area contributed by atoms with Crippen LogP contribution in [-0.4, -0.2) is 23.4 Å². The van der Waals surface area contributed by atoms with Gasteiger partial charge in [-0.1, -0.05) is 24.3 Å². The Bertz CT molecular complexity index is 941. The van der Waals surface area contributed by atoms with E-state index in [1.54, 1.807) is 7.11 Å². The molecule has 2 heterocycles. The molecule has 0 spiro atoms. The first kappa shape index (κ1) is 17.7. The minimum absolute atomic E-state index is 0.839. The van der Waals surface area contributed by atoms with Crippen molar-refractivity contribution in [1.82, 2.24) is 9.78 Å². The third-order valence-corrected chi connectivity index (χ3v) is 5.55. The lowest BCUT2D eigenvalue weighted by Crippen LogP contribution is -2.08. The molecule has 140 valence electrons. The molecule has 0 unspecified atom stereocenters. The number of methoxy groups -OCH3 is 1. The predicted octanol–water partition coefficient (Wildman–Crippen LogP) is 4.84. The van der Waals surface area contributed by atoms with E-state index in [-0.39, 0.29) is 0 Å². The van der Waals surface area contributed by atoms with Crippen LogP contribution in [-0.2, 0) is 12.8 Å². The fraction of sp³-hybridized carbons (Fsp3) is 0.348. The Labute approximate surface area is 161 Å². The summed E-state index contributed by atoms with van der Waals surface area (Å²) in [5.74, 6) is 2.06. The maximum atomic E-state index is 5.28. The van der Waals surface area contributed by atoms with Crippen molar-refractivity contribution in [2.75, 3.05) is 19.0 Å². The third-order valence-electron chi connectivity index (χ3n) is 5.55. The second kappa shape index (κ2) is 7.47. The van der Waals surface area contributed by atoms with Crippen LogP contribution >= 0.6 is 0 Å². The van der Waals surface area contributed by atoms with E-state index in [4.69, 9.17) is 9.84 Å². The van der Waals surface area contributed by atoms with Gasteiger partial charge in [-0.05, 0) is 68.0 Å². The highest BCUT2D eigenvalue weighted by Crippen LogP contribution is 2.31. The third kappa shape index (κ3) is 3.44. The standard InChI is InChI=1S/C23H27N3O/c1-16-7-6-9-22(17(16)2)26-23-20(8-4-5-14-24-23)21(25-26)15-18-10-12-19(27-3)13-11-18/h6-7,9-13,24H,4-5,8,14-15H2,1-3H3. The molecule has 4 rings (SSSR count). The number of aryl methyl sites for hydroxylation is 1. The van der Waals surface area contributed by atoms with E-state index in [1.165, 1.54) is 52.3 Å². The second-order valence-corrected chi connectivity index (χ2v) is 7.31. The van der Waals surface area contributed by atoms with Gasteiger partial charge in [0.2, 0.25) is 0 Å². The van der Waals surface area contributed by atoms with Crippen molar-refractivity contribution in [2.24, 2.45) is 0 Å². The first-order valence-electron chi connectivity index (χ1n) is 9.71. The monoisotopic (exact) mass is 361 g/mol. The van der Waals surface area contributed by atoms with Gasteiger partial charge in [0.1, 0.15) is 11.6 Å². The summed E-state index contributed by atoms with van der Waals surface area (Å²) in [6, 6.07) is 14.7. The van der Waals surface area contributed by atoms with Gasteiger partial charge in [-0.2, -0.15) is 5.10 Å². The van der Waals surface area contributed by atoms with Gasteiger partial charge in [0.05, 0.1) is 18.5 Å². The summed E-state index contributed by atoms with van der Waals surface area (Å²) >= 11 is 0. The van der Waals surface area contributed by atoms with Crippen molar-refractivity contribution in [3.05, 3.63) is 70.4 Å². The fourth-order valence-corrected chi connectivity index (χ4v) is 3.79. The average molecular weight is 361 g/mol. The smallest absolute Gasteiger partial charge is 0.133 e. The zero-order chi connectivity index (χ0) is 18.8. The van der Waals surface area contributed by atoms with Crippen LogP contribution < -0.4 is 10.1 Å². The average Bonchev–Trinajstić information content (AvgIpc) is 2.86. The number of nitrogens with zero attached hydrogens (tertiary/aromatic N) is 2. The highest BCUT2D eigenvalue weighted by atomic mass is 16.5. The number of hydrogen-bond donors (Lipinski definition) is 1. The number of nitrogens with one attached hydrogen (secondary N) is 1. The van der Waals surface area contributed by atoms with Crippen molar-refractivity contribution in [2.45, 2.75) is 39.5 Å². The van der Waals surface area contributed by atoms with Crippen LogP contribution in [0.15, 0.2) is 42.5 Å². The van der Waals surface area contributed by atoms with Gasteiger partial charge in [-0.25, -0.2) is 4.68 Å². The van der Waals surface area contributed by atoms with Crippen LogP contribution in [0.25, 0.3) is 5.69 Å². The van der Waals surface area contributed by atoms with Crippen molar-refractivity contribution in [1.29, 1.82) is 0 Å². The van der Waals surface area contributed by atoms with Crippen LogP contribution in [0.1, 0.15) is 40.8 Å². The van der Waals surface area contributed by atoms with Crippen LogP contribution in [0, 0.1) is 13.8 Å². The van der Waals surface area contributed by atoms with Crippen molar-refractivity contribution < 1.29 is 4.74 Å². The lowest BCUT2D eigenvalue weighted by molar-refractivity contribution is 0.414. The van der Waals surface area contributed by atoms with Crippen LogP contribution in [0.4, 0.5) is 5.82 Å². The normalized spacial score (nSPS) is 13.6. The minimum Gasteiger partial charge on any atom is -0.497 e. The van der Waals surface area contributed by atoms with Gasteiger partial charge in [0, 0.05) is 18.5 Å². The van der Waals surface area contributed by atoms with Crippen LogP contribution in [0.3, 0.4) is 0 Å². The number of anilines is 1. The maximum Gasteiger partial charge on any atom is 0.133 e. The Morgan fingerprint density at radius 3 is 2.67 bits per heavy atom. The fourth-order valence-electron chi connectivity index (χ4n) is 3.79. The van der Waals surface area contributed by atoms with E-state index >= 15 is 0 Å². The van der Waals surface area contributed by atoms with E-state index in [0.717, 1.165) is 25.1 Å². The quantitative estimate of drug-likeness (QED) is 0.723. The highest BCUT2D eigenvalue weighted by molar-refractivity contribution is 5.57. The van der Waals surface area contributed by atoms with Crippen molar-refractivity contribution in [3.63, 3.8) is 0 Å². The van der Waals surface area contributed by atoms with Crippen LogP contribution in [0.5, 0.6) is 5.75 Å². The van der Waals surface area contributed by atoms with Gasteiger partial charge >= 0.3 is 0 Å². The summed E-state index contributed by atoms with van der Waals surface area (Å²) in [5.41, 5.74) is 7.54. The molecule has 0 atom stereocenters. The Morgan fingerprint density at radius 1 is 1.07 bits per heavy atom. The molecule has 0 saturated heterocycles. The molecular formula is C23H27N3O. The van der Waals surface area contributed by atoms with Crippen LogP contribution in [0.2, 0.25) is 0 Å². The highest BCUT2D eigenvalue weighted by Gasteiger charge is 2.21. The number of fused-ring (bicyclic) bond motifs is 1. The molecule has 0 saturated carbocycles. The lowest BCUT2D eigenvalue weighted by Gasteiger charge is -2.13. The summed E-state index contributed by atoms with van der Waals surface area (Å²) in [5, 5.41) is 8.71. The SMILES string of the molecule is COc1ccc(Cc2nn(-c3cccc(C)c3C)c3c2CCCCN3)cc1. The molecule has 1 N–H and O–H groups in total. The van der Waals surface area contributed by atoms with Crippen molar-refractivity contribution >= 4 is 5.82 Å². The number of ether oxygens (including phenoxy) is 1. The second-order valence-electron chi connectivity index (χ2n) is 7.31. The molecule has 0 bridgehead atoms. The molecule has 1 aliphatic rings. The Morgan fingerprint density at radius 2 is 1.89 bits per heavy atom. The van der Waals surface area contributed by atoms with E-state index in [1.807, 2.05) is 12.1 Å². The summed E-state index contributed by atoms with van der Waals surface area (Å²) in [6.45, 7) is 5.34. The van der Waals surface area contributed by atoms with E-state index in [0.29, 0.717) is 0 Å². The molecule has 4 nitrogen and oxygen atoms in total. The van der Waals surface area contributed by atoms with E-state index in [9.17, 15) is 0 Å². The zero-order valence-corrected chi connectivity index (χ0v) is 16.4. The topological polar surface area (TPSA) is 39.1 Å². The molecule has 3 aromatic rings. The number of hydrogen-bond acceptors (Lipinski definition) is 3. The molecule has 1 aliphatic heterocycles. The molecule has 0 radical (unpaired) electrons. The Balaban J connectivity index is 1.77. The number of aromatic nitrogens is 2. The van der Waals surface area contributed by atoms with Gasteiger partial charge in [0.15, 0.2) is 0 Å². The van der Waals surface area contributed by atoms with Gasteiger partial charge < -0.3 is 10.1 Å². The van der Waals surface area contributed by atoms with Gasteiger partial charge in [-0.3, -0.25) is 0 Å². The summed E-state index contributed by atoms with van der Waals surface area (Å²) < 4.78 is 7.41. The summed E-state index contributed by atoms with van der Waals surface area (Å²) in [4.78, 5) is 0. The molecule has 2 aromatic carbocycles.